The van der Waals surface area contributed by atoms with Gasteiger partial charge < -0.3 is 4.42 Å². The topological polar surface area (TPSA) is 56.0 Å². The van der Waals surface area contributed by atoms with E-state index in [-0.39, 0.29) is 24.0 Å². The normalized spacial score (nSPS) is 10.9. The molecule has 0 radical (unpaired) electrons. The maximum absolute atomic E-state index is 12.9. The summed E-state index contributed by atoms with van der Waals surface area (Å²) >= 11 is 0. The Morgan fingerprint density at radius 2 is 1.26 bits per heavy atom. The number of Topliss-reactive ketones (excluding diaryl/α,β-unsaturated/α-hetero) is 1. The molecule has 0 saturated heterocycles. The summed E-state index contributed by atoms with van der Waals surface area (Å²) in [6, 6.07) is 29.5. The van der Waals surface area contributed by atoms with Gasteiger partial charge in [-0.1, -0.05) is 78.9 Å². The second kappa shape index (κ2) is 7.79. The van der Waals surface area contributed by atoms with Gasteiger partial charge in [0.15, 0.2) is 0 Å². The lowest BCUT2D eigenvalue weighted by Gasteiger charge is -2.16. The van der Waals surface area contributed by atoms with E-state index < -0.39 is 0 Å². The summed E-state index contributed by atoms with van der Waals surface area (Å²) in [5.41, 5.74) is 2.96. The molecule has 0 aliphatic heterocycles. The highest BCUT2D eigenvalue weighted by molar-refractivity contribution is 5.92. The molecule has 4 aromatic rings. The molecule has 0 aliphatic carbocycles. The van der Waals surface area contributed by atoms with E-state index in [4.69, 9.17) is 4.42 Å². The van der Waals surface area contributed by atoms with Gasteiger partial charge in [-0.05, 0) is 23.3 Å². The molecular weight excluding hydrogens is 336 g/mol. The third-order valence-corrected chi connectivity index (χ3v) is 4.48. The van der Waals surface area contributed by atoms with Crippen molar-refractivity contribution in [2.45, 2.75) is 12.3 Å². The fourth-order valence-electron chi connectivity index (χ4n) is 3.10. The third kappa shape index (κ3) is 3.85. The number of carbonyl (C=O) groups is 1. The fourth-order valence-corrected chi connectivity index (χ4v) is 3.10. The van der Waals surface area contributed by atoms with Crippen molar-refractivity contribution in [3.05, 3.63) is 108 Å². The number of hydrogen-bond acceptors (Lipinski definition) is 4. The predicted octanol–water partition coefficient (Wildman–Crippen LogP) is 5.14. The summed E-state index contributed by atoms with van der Waals surface area (Å²) in [6.07, 6.45) is 0.268. The molecule has 3 aromatic carbocycles. The van der Waals surface area contributed by atoms with Crippen LogP contribution in [-0.4, -0.2) is 16.0 Å². The lowest BCUT2D eigenvalue weighted by atomic mass is 9.87. The number of aromatic nitrogens is 2. The Balaban J connectivity index is 1.60. The van der Waals surface area contributed by atoms with E-state index in [2.05, 4.69) is 10.2 Å². The Morgan fingerprint density at radius 3 is 1.81 bits per heavy atom. The molecule has 1 aromatic heterocycles. The van der Waals surface area contributed by atoms with Gasteiger partial charge >= 0.3 is 0 Å². The molecule has 1 heterocycles. The lowest BCUT2D eigenvalue weighted by Crippen LogP contribution is -2.09. The third-order valence-electron chi connectivity index (χ3n) is 4.48. The molecule has 0 unspecified atom stereocenters. The van der Waals surface area contributed by atoms with E-state index in [1.165, 1.54) is 0 Å². The first-order valence-corrected chi connectivity index (χ1v) is 8.83. The molecule has 27 heavy (non-hydrogen) atoms. The van der Waals surface area contributed by atoms with E-state index >= 15 is 0 Å². The van der Waals surface area contributed by atoms with Crippen LogP contribution in [0.5, 0.6) is 0 Å². The minimum absolute atomic E-state index is 0.0470. The van der Waals surface area contributed by atoms with Gasteiger partial charge in [0, 0.05) is 17.9 Å². The van der Waals surface area contributed by atoms with Crippen molar-refractivity contribution < 1.29 is 9.21 Å². The van der Waals surface area contributed by atoms with Crippen LogP contribution in [-0.2, 0) is 0 Å². The number of benzene rings is 3. The maximum atomic E-state index is 12.9. The highest BCUT2D eigenvalue weighted by Gasteiger charge is 2.23. The van der Waals surface area contributed by atoms with Crippen LogP contribution in [0.25, 0.3) is 11.5 Å². The van der Waals surface area contributed by atoms with Crippen LogP contribution < -0.4 is 0 Å². The van der Waals surface area contributed by atoms with Gasteiger partial charge in [0.1, 0.15) is 0 Å². The molecule has 4 heteroatoms. The minimum atomic E-state index is -0.164. The molecule has 0 spiro atoms. The molecule has 0 fully saturated rings. The van der Waals surface area contributed by atoms with Crippen LogP contribution in [0, 0.1) is 0 Å². The van der Waals surface area contributed by atoms with Crippen molar-refractivity contribution >= 4 is 5.78 Å². The quantitative estimate of drug-likeness (QED) is 0.450. The summed E-state index contributed by atoms with van der Waals surface area (Å²) in [5.74, 6) is 0.176. The van der Waals surface area contributed by atoms with Crippen molar-refractivity contribution in [2.24, 2.45) is 0 Å². The standard InChI is InChI=1S/C23H18N2O2/c26-21(23-25-24-22(27-23)19-14-8-3-9-15-19)16-20(17-10-4-1-5-11-17)18-12-6-2-7-13-18/h1-15,20H,16H2. The summed E-state index contributed by atoms with van der Waals surface area (Å²) in [4.78, 5) is 12.9. The molecular formula is C23H18N2O2. The van der Waals surface area contributed by atoms with E-state index in [9.17, 15) is 4.79 Å². The average molecular weight is 354 g/mol. The minimum Gasteiger partial charge on any atom is -0.414 e. The van der Waals surface area contributed by atoms with Crippen molar-refractivity contribution in [3.8, 4) is 11.5 Å². The molecule has 4 nitrogen and oxygen atoms in total. The first kappa shape index (κ1) is 16.9. The Kier molecular flexibility index (Phi) is 4.88. The van der Waals surface area contributed by atoms with Crippen molar-refractivity contribution in [3.63, 3.8) is 0 Å². The predicted molar refractivity (Wildman–Crippen MR) is 103 cm³/mol. The zero-order valence-corrected chi connectivity index (χ0v) is 14.7. The molecule has 0 saturated carbocycles. The van der Waals surface area contributed by atoms with Crippen LogP contribution in [0.3, 0.4) is 0 Å². The first-order valence-electron chi connectivity index (χ1n) is 8.83. The Hall–Kier alpha value is -3.53. The van der Waals surface area contributed by atoms with E-state index in [0.29, 0.717) is 5.89 Å². The molecule has 0 N–H and O–H groups in total. The van der Waals surface area contributed by atoms with Crippen LogP contribution >= 0.6 is 0 Å². The highest BCUT2D eigenvalue weighted by atomic mass is 16.4. The van der Waals surface area contributed by atoms with Gasteiger partial charge in [-0.25, -0.2) is 0 Å². The number of nitrogens with zero attached hydrogens (tertiary/aromatic N) is 2. The lowest BCUT2D eigenvalue weighted by molar-refractivity contribution is 0.0944. The van der Waals surface area contributed by atoms with E-state index in [0.717, 1.165) is 16.7 Å². The van der Waals surface area contributed by atoms with Crippen LogP contribution in [0.1, 0.15) is 34.2 Å². The molecule has 4 rings (SSSR count). The summed E-state index contributed by atoms with van der Waals surface area (Å²) in [7, 11) is 0. The van der Waals surface area contributed by atoms with Gasteiger partial charge in [-0.3, -0.25) is 4.79 Å². The zero-order valence-electron chi connectivity index (χ0n) is 14.7. The second-order valence-corrected chi connectivity index (χ2v) is 6.28. The number of ketones is 1. The van der Waals surface area contributed by atoms with Crippen LogP contribution in [0.4, 0.5) is 0 Å². The first-order chi connectivity index (χ1) is 13.3. The van der Waals surface area contributed by atoms with Crippen molar-refractivity contribution in [1.82, 2.24) is 10.2 Å². The summed E-state index contributed by atoms with van der Waals surface area (Å²) in [5, 5.41) is 7.99. The van der Waals surface area contributed by atoms with Gasteiger partial charge in [0.2, 0.25) is 11.7 Å². The van der Waals surface area contributed by atoms with Crippen LogP contribution in [0.15, 0.2) is 95.4 Å². The Bertz CT molecular complexity index is 972. The SMILES string of the molecule is O=C(CC(c1ccccc1)c1ccccc1)c1nnc(-c2ccccc2)o1. The van der Waals surface area contributed by atoms with Gasteiger partial charge in [0.05, 0.1) is 0 Å². The van der Waals surface area contributed by atoms with Gasteiger partial charge in [0.25, 0.3) is 5.89 Å². The average Bonchev–Trinajstić information content (AvgIpc) is 3.24. The van der Waals surface area contributed by atoms with E-state index in [1.807, 2.05) is 91.0 Å². The Labute approximate surface area is 157 Å². The summed E-state index contributed by atoms with van der Waals surface area (Å²) in [6.45, 7) is 0. The van der Waals surface area contributed by atoms with Crippen LogP contribution in [0.2, 0.25) is 0 Å². The number of hydrogen-bond donors (Lipinski definition) is 0. The zero-order chi connectivity index (χ0) is 18.5. The number of rotatable bonds is 6. The second-order valence-electron chi connectivity index (χ2n) is 6.28. The smallest absolute Gasteiger partial charge is 0.284 e. The molecule has 0 bridgehead atoms. The molecule has 0 aliphatic rings. The Morgan fingerprint density at radius 1 is 0.741 bits per heavy atom. The molecule has 0 atom stereocenters. The van der Waals surface area contributed by atoms with E-state index in [1.54, 1.807) is 0 Å². The molecule has 0 amide bonds. The monoisotopic (exact) mass is 354 g/mol. The van der Waals surface area contributed by atoms with Crippen molar-refractivity contribution in [1.29, 1.82) is 0 Å². The van der Waals surface area contributed by atoms with Crippen molar-refractivity contribution in [2.75, 3.05) is 0 Å². The largest absolute Gasteiger partial charge is 0.414 e. The highest BCUT2D eigenvalue weighted by Crippen LogP contribution is 2.29. The fraction of sp³-hybridized carbons (Fsp3) is 0.0870. The molecule has 132 valence electrons. The maximum Gasteiger partial charge on any atom is 0.284 e. The van der Waals surface area contributed by atoms with Gasteiger partial charge in [-0.2, -0.15) is 0 Å². The van der Waals surface area contributed by atoms with Gasteiger partial charge in [-0.15, -0.1) is 10.2 Å². The summed E-state index contributed by atoms with van der Waals surface area (Å²) < 4.78 is 5.63. The number of carbonyl (C=O) groups excluding carboxylic acids is 1.